The van der Waals surface area contributed by atoms with Crippen molar-refractivity contribution in [3.8, 4) is 11.5 Å². The van der Waals surface area contributed by atoms with Gasteiger partial charge in [0.2, 0.25) is 0 Å². The van der Waals surface area contributed by atoms with Crippen LogP contribution in [0.3, 0.4) is 0 Å². The Kier molecular flexibility index (Phi) is 5.49. The number of hydrogen-bond acceptors (Lipinski definition) is 3. The van der Waals surface area contributed by atoms with Gasteiger partial charge in [-0.1, -0.05) is 36.5 Å². The first-order valence-corrected chi connectivity index (χ1v) is 7.18. The maximum atomic E-state index is 12.8. The van der Waals surface area contributed by atoms with Crippen molar-refractivity contribution in [2.45, 2.75) is 6.42 Å². The van der Waals surface area contributed by atoms with Crippen LogP contribution in [0.15, 0.2) is 48.5 Å². The third-order valence-corrected chi connectivity index (χ3v) is 3.33. The lowest BCUT2D eigenvalue weighted by Gasteiger charge is -2.05. The molecular weight excluding hydrogens is 301 g/mol. The zero-order chi connectivity index (χ0) is 15.9. The van der Waals surface area contributed by atoms with Gasteiger partial charge in [-0.05, 0) is 47.9 Å². The summed E-state index contributed by atoms with van der Waals surface area (Å²) in [5, 5.41) is 21.7. The molecule has 0 radical (unpaired) electrons. The Hall–Kier alpha value is -2.40. The minimum Gasteiger partial charge on any atom is -0.504 e. The highest BCUT2D eigenvalue weighted by Crippen LogP contribution is 2.25. The van der Waals surface area contributed by atoms with Crippen LogP contribution in [0.2, 0.25) is 0 Å². The van der Waals surface area contributed by atoms with Gasteiger partial charge in [0.1, 0.15) is 5.82 Å². The van der Waals surface area contributed by atoms with Crippen LogP contribution in [0.5, 0.6) is 11.5 Å². The topological polar surface area (TPSA) is 52.5 Å². The molecule has 0 atom stereocenters. The molecule has 0 spiro atoms. The van der Waals surface area contributed by atoms with E-state index in [0.717, 1.165) is 17.5 Å². The standard InChI is InChI=1S/C17H16FNO2S/c18-14-5-1-12(2-6-14)9-10-19-17(22)8-4-13-3-7-15(20)16(21)11-13/h1-8,11,20-21H,9-10H2,(H,19,22)/b8-4+. The summed E-state index contributed by atoms with van der Waals surface area (Å²) < 4.78 is 12.8. The van der Waals surface area contributed by atoms with E-state index in [-0.39, 0.29) is 17.3 Å². The largest absolute Gasteiger partial charge is 0.504 e. The van der Waals surface area contributed by atoms with Crippen molar-refractivity contribution in [2.24, 2.45) is 0 Å². The second-order valence-electron chi connectivity index (χ2n) is 4.75. The second kappa shape index (κ2) is 7.56. The van der Waals surface area contributed by atoms with Gasteiger partial charge in [0.25, 0.3) is 0 Å². The Bertz CT molecular complexity index is 684. The van der Waals surface area contributed by atoms with Crippen molar-refractivity contribution in [3.63, 3.8) is 0 Å². The van der Waals surface area contributed by atoms with E-state index in [0.29, 0.717) is 11.5 Å². The highest BCUT2D eigenvalue weighted by atomic mass is 32.1. The lowest BCUT2D eigenvalue weighted by Crippen LogP contribution is -2.21. The highest BCUT2D eigenvalue weighted by Gasteiger charge is 1.99. The number of thiocarbonyl (C=S) groups is 1. The lowest BCUT2D eigenvalue weighted by atomic mass is 10.1. The van der Waals surface area contributed by atoms with Crippen molar-refractivity contribution in [2.75, 3.05) is 6.54 Å². The van der Waals surface area contributed by atoms with E-state index in [4.69, 9.17) is 12.2 Å². The van der Waals surface area contributed by atoms with Crippen LogP contribution in [0, 0.1) is 5.82 Å². The van der Waals surface area contributed by atoms with Crippen LogP contribution in [-0.2, 0) is 6.42 Å². The molecule has 0 amide bonds. The minimum absolute atomic E-state index is 0.155. The molecule has 0 aliphatic carbocycles. The molecule has 0 aliphatic heterocycles. The SMILES string of the molecule is Oc1ccc(/C=C/C(=S)NCCc2ccc(F)cc2)cc1O. The first-order valence-electron chi connectivity index (χ1n) is 6.77. The number of phenolic OH excluding ortho intramolecular Hbond substituents is 2. The second-order valence-corrected chi connectivity index (χ2v) is 5.19. The maximum absolute atomic E-state index is 12.8. The number of nitrogens with one attached hydrogen (secondary N) is 1. The van der Waals surface area contributed by atoms with Gasteiger partial charge in [-0.2, -0.15) is 0 Å². The summed E-state index contributed by atoms with van der Waals surface area (Å²) in [5.41, 5.74) is 1.77. The summed E-state index contributed by atoms with van der Waals surface area (Å²) in [5.74, 6) is -0.568. The van der Waals surface area contributed by atoms with Gasteiger partial charge in [0, 0.05) is 6.54 Å². The van der Waals surface area contributed by atoms with Crippen LogP contribution in [0.25, 0.3) is 6.08 Å². The lowest BCUT2D eigenvalue weighted by molar-refractivity contribution is 0.403. The van der Waals surface area contributed by atoms with E-state index in [1.54, 1.807) is 30.4 Å². The van der Waals surface area contributed by atoms with Crippen LogP contribution in [0.1, 0.15) is 11.1 Å². The number of phenols is 2. The van der Waals surface area contributed by atoms with E-state index in [9.17, 15) is 14.6 Å². The fraction of sp³-hybridized carbons (Fsp3) is 0.118. The quantitative estimate of drug-likeness (QED) is 0.449. The van der Waals surface area contributed by atoms with Gasteiger partial charge in [-0.15, -0.1) is 0 Å². The molecule has 0 unspecified atom stereocenters. The average molecular weight is 317 g/mol. The fourth-order valence-electron chi connectivity index (χ4n) is 1.86. The average Bonchev–Trinajstić information content (AvgIpc) is 2.50. The molecule has 0 fully saturated rings. The molecule has 0 saturated heterocycles. The van der Waals surface area contributed by atoms with Crippen LogP contribution in [0.4, 0.5) is 4.39 Å². The zero-order valence-corrected chi connectivity index (χ0v) is 12.6. The molecule has 2 aromatic carbocycles. The Labute approximate surface area is 133 Å². The van der Waals surface area contributed by atoms with Gasteiger partial charge < -0.3 is 15.5 Å². The van der Waals surface area contributed by atoms with Crippen LogP contribution >= 0.6 is 12.2 Å². The van der Waals surface area contributed by atoms with Crippen molar-refractivity contribution >= 4 is 23.3 Å². The summed E-state index contributed by atoms with van der Waals surface area (Å²) >= 11 is 5.18. The Morgan fingerprint density at radius 2 is 1.82 bits per heavy atom. The number of rotatable bonds is 5. The fourth-order valence-corrected chi connectivity index (χ4v) is 2.03. The van der Waals surface area contributed by atoms with Crippen molar-refractivity contribution in [1.29, 1.82) is 0 Å². The number of benzene rings is 2. The molecule has 0 aromatic heterocycles. The first-order chi connectivity index (χ1) is 10.5. The normalized spacial score (nSPS) is 10.8. The Balaban J connectivity index is 1.81. The van der Waals surface area contributed by atoms with Gasteiger partial charge in [0.15, 0.2) is 11.5 Å². The molecule has 3 N–H and O–H groups in total. The van der Waals surface area contributed by atoms with E-state index in [2.05, 4.69) is 5.32 Å². The molecule has 3 nitrogen and oxygen atoms in total. The Morgan fingerprint density at radius 1 is 1.09 bits per heavy atom. The molecule has 5 heteroatoms. The highest BCUT2D eigenvalue weighted by molar-refractivity contribution is 7.80. The smallest absolute Gasteiger partial charge is 0.157 e. The van der Waals surface area contributed by atoms with Crippen molar-refractivity contribution in [3.05, 3.63) is 65.5 Å². The first kappa shape index (κ1) is 16.0. The monoisotopic (exact) mass is 317 g/mol. The molecule has 2 rings (SSSR count). The summed E-state index contributed by atoms with van der Waals surface area (Å²) in [6.07, 6.45) is 4.20. The molecule has 0 bridgehead atoms. The summed E-state index contributed by atoms with van der Waals surface area (Å²) in [6, 6.07) is 10.9. The van der Waals surface area contributed by atoms with Crippen molar-refractivity contribution < 1.29 is 14.6 Å². The summed E-state index contributed by atoms with van der Waals surface area (Å²) in [7, 11) is 0. The number of hydrogen-bond donors (Lipinski definition) is 3. The van der Waals surface area contributed by atoms with Crippen LogP contribution in [-0.4, -0.2) is 21.7 Å². The molecule has 2 aromatic rings. The van der Waals surface area contributed by atoms with E-state index >= 15 is 0 Å². The minimum atomic E-state index is -0.243. The molecule has 0 saturated carbocycles. The summed E-state index contributed by atoms with van der Waals surface area (Å²) in [4.78, 5) is 0.565. The number of aromatic hydroxyl groups is 2. The van der Waals surface area contributed by atoms with E-state index in [1.165, 1.54) is 24.3 Å². The molecule has 22 heavy (non-hydrogen) atoms. The van der Waals surface area contributed by atoms with E-state index < -0.39 is 0 Å². The Morgan fingerprint density at radius 3 is 2.50 bits per heavy atom. The maximum Gasteiger partial charge on any atom is 0.157 e. The van der Waals surface area contributed by atoms with Gasteiger partial charge in [-0.3, -0.25) is 0 Å². The molecular formula is C17H16FNO2S. The van der Waals surface area contributed by atoms with Gasteiger partial charge in [0.05, 0.1) is 4.99 Å². The van der Waals surface area contributed by atoms with Crippen LogP contribution < -0.4 is 5.32 Å². The third kappa shape index (κ3) is 4.86. The predicted molar refractivity (Wildman–Crippen MR) is 89.5 cm³/mol. The third-order valence-electron chi connectivity index (χ3n) is 3.05. The van der Waals surface area contributed by atoms with Gasteiger partial charge >= 0.3 is 0 Å². The summed E-state index contributed by atoms with van der Waals surface area (Å²) in [6.45, 7) is 0.648. The van der Waals surface area contributed by atoms with E-state index in [1.807, 2.05) is 0 Å². The van der Waals surface area contributed by atoms with Crippen molar-refractivity contribution in [1.82, 2.24) is 5.32 Å². The van der Waals surface area contributed by atoms with Gasteiger partial charge in [-0.25, -0.2) is 4.39 Å². The molecule has 0 heterocycles. The molecule has 114 valence electrons. The zero-order valence-electron chi connectivity index (χ0n) is 11.8. The molecule has 0 aliphatic rings. The predicted octanol–water partition coefficient (Wildman–Crippen LogP) is 3.41. The number of halogens is 1.